The highest BCUT2D eigenvalue weighted by Gasteiger charge is 2.27. The first-order chi connectivity index (χ1) is 16.0. The fourth-order valence-electron chi connectivity index (χ4n) is 3.70. The van der Waals surface area contributed by atoms with E-state index in [0.717, 1.165) is 32.1 Å². The molecule has 0 bridgehead atoms. The topological polar surface area (TPSA) is 106 Å². The first-order valence-electron chi connectivity index (χ1n) is 14.3. The van der Waals surface area contributed by atoms with Crippen molar-refractivity contribution in [1.29, 1.82) is 0 Å². The molecule has 0 unspecified atom stereocenters. The van der Waals surface area contributed by atoms with E-state index < -0.39 is 17.0 Å². The van der Waals surface area contributed by atoms with Gasteiger partial charge in [-0.3, -0.25) is 9.59 Å². The highest BCUT2D eigenvalue weighted by molar-refractivity contribution is 5.87. The molecule has 5 nitrogen and oxygen atoms in total. The van der Waals surface area contributed by atoms with Crippen molar-refractivity contribution in [3.05, 3.63) is 0 Å². The van der Waals surface area contributed by atoms with Gasteiger partial charge in [0.15, 0.2) is 5.78 Å². The number of unbranched alkanes of at least 4 members (excludes halogenated alkanes) is 16. The second-order valence-electron chi connectivity index (χ2n) is 11.2. The van der Waals surface area contributed by atoms with E-state index in [0.29, 0.717) is 12.8 Å². The molecular formula is C29H60N2O3. The van der Waals surface area contributed by atoms with E-state index >= 15 is 0 Å². The summed E-state index contributed by atoms with van der Waals surface area (Å²) in [5.41, 5.74) is 10.3. The van der Waals surface area contributed by atoms with Gasteiger partial charge in [0.1, 0.15) is 5.66 Å². The Morgan fingerprint density at radius 3 is 1.21 bits per heavy atom. The molecule has 0 saturated heterocycles. The second-order valence-corrected chi connectivity index (χ2v) is 11.2. The van der Waals surface area contributed by atoms with Crippen molar-refractivity contribution in [1.82, 2.24) is 0 Å². The molecule has 34 heavy (non-hydrogen) atoms. The van der Waals surface area contributed by atoms with Gasteiger partial charge in [-0.05, 0) is 40.0 Å². The average Bonchev–Trinajstić information content (AvgIpc) is 2.76. The summed E-state index contributed by atoms with van der Waals surface area (Å²) in [6.45, 7) is 9.41. The summed E-state index contributed by atoms with van der Waals surface area (Å²) in [5, 5.41) is 8.25. The van der Waals surface area contributed by atoms with E-state index in [1.54, 1.807) is 20.8 Å². The predicted molar refractivity (Wildman–Crippen MR) is 147 cm³/mol. The van der Waals surface area contributed by atoms with Crippen LogP contribution < -0.4 is 11.5 Å². The van der Waals surface area contributed by atoms with E-state index in [9.17, 15) is 9.59 Å². The number of carboxylic acids is 1. The average molecular weight is 485 g/mol. The van der Waals surface area contributed by atoms with Crippen LogP contribution in [-0.2, 0) is 9.59 Å². The van der Waals surface area contributed by atoms with Gasteiger partial charge in [0.05, 0.1) is 5.41 Å². The summed E-state index contributed by atoms with van der Waals surface area (Å²) < 4.78 is 0. The van der Waals surface area contributed by atoms with Crippen LogP contribution in [-0.4, -0.2) is 22.5 Å². The van der Waals surface area contributed by atoms with Crippen LogP contribution in [0.15, 0.2) is 0 Å². The molecule has 5 N–H and O–H groups in total. The largest absolute Gasteiger partial charge is 0.481 e. The molecule has 0 atom stereocenters. The zero-order valence-electron chi connectivity index (χ0n) is 23.6. The molecule has 0 aliphatic carbocycles. The lowest BCUT2D eigenvalue weighted by Gasteiger charge is -2.22. The number of carbonyl (C=O) groups is 2. The van der Waals surface area contributed by atoms with Crippen molar-refractivity contribution in [3.63, 3.8) is 0 Å². The molecule has 204 valence electrons. The number of rotatable bonds is 21. The van der Waals surface area contributed by atoms with Gasteiger partial charge >= 0.3 is 5.97 Å². The van der Waals surface area contributed by atoms with Crippen LogP contribution >= 0.6 is 0 Å². The summed E-state index contributed by atoms with van der Waals surface area (Å²) in [4.78, 5) is 22.2. The third-order valence-corrected chi connectivity index (χ3v) is 6.36. The van der Waals surface area contributed by atoms with Crippen LogP contribution in [0, 0.1) is 5.41 Å². The maximum atomic E-state index is 12.1. The van der Waals surface area contributed by atoms with Gasteiger partial charge in [-0.1, -0.05) is 117 Å². The lowest BCUT2D eigenvalue weighted by Crippen LogP contribution is -2.56. The second kappa shape index (κ2) is 22.5. The number of ketones is 1. The number of nitrogens with two attached hydrogens (primary N) is 2. The van der Waals surface area contributed by atoms with Gasteiger partial charge in [0.25, 0.3) is 0 Å². The minimum absolute atomic E-state index is 0.0493. The van der Waals surface area contributed by atoms with Gasteiger partial charge < -0.3 is 16.6 Å². The van der Waals surface area contributed by atoms with Crippen molar-refractivity contribution in [2.24, 2.45) is 16.9 Å². The molecule has 0 heterocycles. The predicted octanol–water partition coefficient (Wildman–Crippen LogP) is 8.13. The summed E-state index contributed by atoms with van der Waals surface area (Å²) in [7, 11) is 0. The number of carboxylic acid groups (broad SMARTS) is 1. The number of aliphatic carboxylic acids is 1. The van der Waals surface area contributed by atoms with Crippen molar-refractivity contribution in [3.8, 4) is 0 Å². The summed E-state index contributed by atoms with van der Waals surface area (Å²) >= 11 is 0. The maximum absolute atomic E-state index is 12.1. The zero-order chi connectivity index (χ0) is 26.3. The number of Topliss-reactive ketones (excluding diaryl/α,β-unsaturated/α-hetero) is 1. The Hall–Kier alpha value is -0.940. The first-order valence-corrected chi connectivity index (χ1v) is 14.3. The molecule has 0 fully saturated rings. The molecule has 0 aliphatic heterocycles. The fourth-order valence-corrected chi connectivity index (χ4v) is 3.70. The highest BCUT2D eigenvalue weighted by atomic mass is 16.4. The maximum Gasteiger partial charge on any atom is 0.308 e. The van der Waals surface area contributed by atoms with Gasteiger partial charge in [0.2, 0.25) is 0 Å². The molecule has 0 aromatic heterocycles. The molecular weight excluding hydrogens is 424 g/mol. The molecule has 0 saturated carbocycles. The summed E-state index contributed by atoms with van der Waals surface area (Å²) in [6, 6.07) is 0. The third-order valence-electron chi connectivity index (χ3n) is 6.36. The van der Waals surface area contributed by atoms with Crippen LogP contribution in [0.1, 0.15) is 163 Å². The lowest BCUT2D eigenvalue weighted by atomic mass is 9.95. The van der Waals surface area contributed by atoms with Crippen molar-refractivity contribution < 1.29 is 14.7 Å². The van der Waals surface area contributed by atoms with Crippen LogP contribution in [0.4, 0.5) is 0 Å². The van der Waals surface area contributed by atoms with E-state index in [2.05, 4.69) is 13.8 Å². The summed E-state index contributed by atoms with van der Waals surface area (Å²) in [6.07, 6.45) is 24.4. The fraction of sp³-hybridized carbons (Fsp3) is 0.931. The van der Waals surface area contributed by atoms with E-state index in [1.807, 2.05) is 0 Å². The first kappa shape index (κ1) is 35.2. The van der Waals surface area contributed by atoms with Crippen molar-refractivity contribution in [2.45, 2.75) is 169 Å². The van der Waals surface area contributed by atoms with Crippen molar-refractivity contribution >= 4 is 11.8 Å². The molecule has 0 aromatic rings. The zero-order valence-corrected chi connectivity index (χ0v) is 23.6. The van der Waals surface area contributed by atoms with Crippen LogP contribution in [0.25, 0.3) is 0 Å². The van der Waals surface area contributed by atoms with Gasteiger partial charge in [-0.25, -0.2) is 0 Å². The molecule has 0 aromatic carbocycles. The number of hydrogen-bond donors (Lipinski definition) is 3. The standard InChI is InChI=1S/C24H50N2O.C5H10O2/c1-3-5-7-8-9-10-11-12-13-14-15-16-17-18-19-21-23(27)24(25,26)22-20-6-4-2;1-5(2,3)4(6)7/h3-22,25-26H2,1-2H3;1-3H3,(H,6,7). The van der Waals surface area contributed by atoms with E-state index in [4.69, 9.17) is 16.6 Å². The Labute approximate surface area is 212 Å². The Kier molecular flexibility index (Phi) is 23.3. The van der Waals surface area contributed by atoms with Gasteiger partial charge in [-0.2, -0.15) is 0 Å². The van der Waals surface area contributed by atoms with Crippen LogP contribution in [0.5, 0.6) is 0 Å². The molecule has 5 heteroatoms. The summed E-state index contributed by atoms with van der Waals surface area (Å²) in [5.74, 6) is -0.708. The quantitative estimate of drug-likeness (QED) is 0.113. The molecule has 0 aliphatic rings. The minimum Gasteiger partial charge on any atom is -0.481 e. The lowest BCUT2D eigenvalue weighted by molar-refractivity contribution is -0.145. The molecule has 0 rings (SSSR count). The minimum atomic E-state index is -1.09. The van der Waals surface area contributed by atoms with E-state index in [1.165, 1.54) is 83.5 Å². The molecule has 0 radical (unpaired) electrons. The van der Waals surface area contributed by atoms with Crippen LogP contribution in [0.3, 0.4) is 0 Å². The Morgan fingerprint density at radius 2 is 0.882 bits per heavy atom. The van der Waals surface area contributed by atoms with Crippen LogP contribution in [0.2, 0.25) is 0 Å². The molecule has 0 spiro atoms. The Balaban J connectivity index is 0. The Bertz CT molecular complexity index is 484. The number of carbonyl (C=O) groups excluding carboxylic acids is 1. The smallest absolute Gasteiger partial charge is 0.308 e. The number of hydrogen-bond acceptors (Lipinski definition) is 4. The van der Waals surface area contributed by atoms with Gasteiger partial charge in [0, 0.05) is 6.42 Å². The Morgan fingerprint density at radius 1 is 0.588 bits per heavy atom. The van der Waals surface area contributed by atoms with Crippen molar-refractivity contribution in [2.75, 3.05) is 0 Å². The van der Waals surface area contributed by atoms with Gasteiger partial charge in [-0.15, -0.1) is 0 Å². The third kappa shape index (κ3) is 24.2. The SMILES string of the molecule is CC(C)(C)C(=O)O.CCCCCCCCCCCCCCCCCC(=O)C(N)(N)CCCCC. The normalized spacial score (nSPS) is 11.7. The monoisotopic (exact) mass is 484 g/mol. The van der Waals surface area contributed by atoms with E-state index in [-0.39, 0.29) is 5.78 Å². The molecule has 0 amide bonds. The highest BCUT2D eigenvalue weighted by Crippen LogP contribution is 2.16.